The number of fused-ring (bicyclic) bond motifs is 4. The van der Waals surface area contributed by atoms with Gasteiger partial charge < -0.3 is 0 Å². The van der Waals surface area contributed by atoms with Crippen molar-refractivity contribution in [2.45, 2.75) is 199 Å². The zero-order chi connectivity index (χ0) is 75.2. The molecule has 0 N–H and O–H groups in total. The van der Waals surface area contributed by atoms with E-state index < -0.39 is 32.3 Å². The molecule has 0 saturated carbocycles. The largest absolute Gasteiger partial charge is 0.220 e. The predicted octanol–water partition coefficient (Wildman–Crippen LogP) is 21.7. The van der Waals surface area contributed by atoms with Crippen molar-refractivity contribution in [1.29, 1.82) is 0 Å². The zero-order valence-electron chi connectivity index (χ0n) is 68.4. The summed E-state index contributed by atoms with van der Waals surface area (Å²) in [5, 5.41) is 17.0. The second-order valence-corrected chi connectivity index (χ2v) is 54.5. The van der Waals surface area contributed by atoms with E-state index in [0.717, 1.165) is 22.2 Å². The molecule has 0 radical (unpaired) electrons. The van der Waals surface area contributed by atoms with E-state index in [4.69, 9.17) is 0 Å². The molecule has 0 unspecified atom stereocenters. The van der Waals surface area contributed by atoms with Crippen LogP contribution in [0.3, 0.4) is 0 Å². The molecule has 102 heavy (non-hydrogen) atoms. The van der Waals surface area contributed by atoms with Crippen LogP contribution in [-0.4, -0.2) is 32.3 Å². The maximum atomic E-state index is 2.49. The first-order valence-electron chi connectivity index (χ1n) is 37.7. The van der Waals surface area contributed by atoms with Crippen molar-refractivity contribution >= 4 is 96.1 Å². The van der Waals surface area contributed by atoms with Gasteiger partial charge in [0.05, 0.1) is 65.0 Å². The number of hydrogen-bond donors (Lipinski definition) is 0. The Labute approximate surface area is 620 Å². The number of aryl methyl sites for hydroxylation is 10. The highest BCUT2D eigenvalue weighted by Crippen LogP contribution is 2.37. The standard InChI is InChI=1S/C25H34NSi.C24H32NSi.C23H30NSi.C22H28NSi/c1-16(2)27(8,9)22-10-11-23-21(15-22)12-13-26(7)25(23)24-14-17(3)18(4)19(5)20(24)6;1-16(2)26(7,8)21-9-10-22-20(15-21)11-12-25(6)24(22)23-14-17(3)13-18(4)19(23)5;1-16(2)25(6,7)20-10-11-21-19(15-20)12-13-24(5)23(21)22-14-17(3)8-9-18(22)4;1-16(2)24(5,6)19-11-12-21-18(15-19)13-14-23(4)22(21)20-10-8-7-9-17(20)3/h10-16H,1-9H3;9-16H,1-8H3;8-16H,1-7H3;7-16H,1-6H3/q4*+1. The average Bonchev–Trinajstić information content (AvgIpc) is 0.773. The van der Waals surface area contributed by atoms with Crippen LogP contribution < -0.4 is 39.0 Å². The number of aromatic nitrogens is 4. The minimum absolute atomic E-state index is 0.735. The average molecular weight is 1420 g/mol. The maximum absolute atomic E-state index is 2.49. The fraction of sp³-hybridized carbons (Fsp3) is 0.362. The summed E-state index contributed by atoms with van der Waals surface area (Å²) in [6, 6.07) is 60.1. The molecular formula is C94H124N4Si4+4. The van der Waals surface area contributed by atoms with E-state index in [2.05, 4.69) is 406 Å². The van der Waals surface area contributed by atoms with Gasteiger partial charge in [0.25, 0.3) is 0 Å². The number of rotatable bonds is 12. The molecule has 0 bridgehead atoms. The monoisotopic (exact) mass is 1420 g/mol. The van der Waals surface area contributed by atoms with Gasteiger partial charge in [0.15, 0.2) is 24.8 Å². The summed E-state index contributed by atoms with van der Waals surface area (Å²) in [7, 11) is 2.96. The van der Waals surface area contributed by atoms with Crippen molar-refractivity contribution in [3.63, 3.8) is 0 Å². The van der Waals surface area contributed by atoms with Crippen LogP contribution in [0.1, 0.15) is 111 Å². The van der Waals surface area contributed by atoms with Gasteiger partial charge in [-0.2, -0.15) is 0 Å². The third-order valence-electron chi connectivity index (χ3n) is 25.1. The number of hydrogen-bond acceptors (Lipinski definition) is 0. The first-order valence-corrected chi connectivity index (χ1v) is 50.0. The molecule has 4 nitrogen and oxygen atoms in total. The molecule has 4 aromatic heterocycles. The molecule has 12 aromatic rings. The third kappa shape index (κ3) is 15.8. The van der Waals surface area contributed by atoms with Crippen molar-refractivity contribution in [2.24, 2.45) is 28.2 Å². The first-order chi connectivity index (χ1) is 47.7. The minimum Gasteiger partial charge on any atom is -0.200 e. The van der Waals surface area contributed by atoms with Crippen LogP contribution in [-0.2, 0) is 28.2 Å². The number of nitrogens with zero attached hydrogens (tertiary/aromatic N) is 4. The van der Waals surface area contributed by atoms with Gasteiger partial charge in [-0.15, -0.1) is 0 Å². The Morgan fingerprint density at radius 3 is 0.902 bits per heavy atom. The number of benzene rings is 8. The summed E-state index contributed by atoms with van der Waals surface area (Å²) in [6.07, 6.45) is 8.82. The molecule has 0 amide bonds. The summed E-state index contributed by atoms with van der Waals surface area (Å²) in [6.45, 7) is 61.0. The van der Waals surface area contributed by atoms with E-state index in [1.807, 2.05) is 0 Å². The van der Waals surface area contributed by atoms with Crippen LogP contribution in [0, 0.1) is 69.2 Å². The lowest BCUT2D eigenvalue weighted by Crippen LogP contribution is -2.44. The van der Waals surface area contributed by atoms with Gasteiger partial charge in [-0.3, -0.25) is 0 Å². The molecule has 12 rings (SSSR count). The van der Waals surface area contributed by atoms with Gasteiger partial charge >= 0.3 is 0 Å². The Balaban J connectivity index is 0.000000158. The Bertz CT molecular complexity index is 5120. The van der Waals surface area contributed by atoms with Gasteiger partial charge in [-0.1, -0.05) is 225 Å². The van der Waals surface area contributed by atoms with Crippen LogP contribution in [0.25, 0.3) is 88.1 Å². The van der Waals surface area contributed by atoms with E-state index in [-0.39, 0.29) is 0 Å². The van der Waals surface area contributed by atoms with E-state index in [1.54, 1.807) is 20.7 Å². The third-order valence-corrected chi connectivity index (χ3v) is 43.9. The van der Waals surface area contributed by atoms with Crippen LogP contribution in [0.2, 0.25) is 74.5 Å². The van der Waals surface area contributed by atoms with Gasteiger partial charge in [0.2, 0.25) is 22.8 Å². The van der Waals surface area contributed by atoms with Gasteiger partial charge in [0, 0.05) is 35.4 Å². The van der Waals surface area contributed by atoms with E-state index in [1.165, 1.54) is 144 Å². The molecule has 0 aliphatic heterocycles. The maximum Gasteiger partial charge on any atom is 0.220 e. The molecule has 0 aliphatic rings. The summed E-state index contributed by atoms with van der Waals surface area (Å²) in [5.41, 5.74) is 27.2. The minimum atomic E-state index is -1.43. The number of pyridine rings is 4. The van der Waals surface area contributed by atoms with Gasteiger partial charge in [-0.05, 0) is 206 Å². The molecule has 0 atom stereocenters. The lowest BCUT2D eigenvalue weighted by atomic mass is 9.91. The van der Waals surface area contributed by atoms with Crippen LogP contribution >= 0.6 is 0 Å². The molecule has 0 saturated heterocycles. The summed E-state index contributed by atoms with van der Waals surface area (Å²) >= 11 is 0. The van der Waals surface area contributed by atoms with E-state index in [9.17, 15) is 0 Å². The van der Waals surface area contributed by atoms with E-state index in [0.29, 0.717) is 0 Å². The highest BCUT2D eigenvalue weighted by atomic mass is 28.3. The lowest BCUT2D eigenvalue weighted by Gasteiger charge is -2.27. The van der Waals surface area contributed by atoms with Crippen LogP contribution in [0.5, 0.6) is 0 Å². The van der Waals surface area contributed by atoms with Crippen LogP contribution in [0.15, 0.2) is 183 Å². The fourth-order valence-electron chi connectivity index (χ4n) is 14.3. The first kappa shape index (κ1) is 78.4. The molecule has 8 aromatic carbocycles. The Hall–Kier alpha value is -7.73. The Morgan fingerprint density at radius 2 is 0.549 bits per heavy atom. The van der Waals surface area contributed by atoms with Crippen molar-refractivity contribution in [3.8, 4) is 45.0 Å². The van der Waals surface area contributed by atoms with Gasteiger partial charge in [-0.25, -0.2) is 18.3 Å². The predicted molar refractivity (Wildman–Crippen MR) is 458 cm³/mol. The quantitative estimate of drug-likeness (QED) is 0.0856. The highest BCUT2D eigenvalue weighted by molar-refractivity contribution is 6.92. The van der Waals surface area contributed by atoms with E-state index >= 15 is 0 Å². The SMILES string of the molecule is Cc1cc(-c2c3ccc([Si](C)(C)C(C)C)cc3cc[n+]2C)c(C)c(C)c1C.Cc1cc(C)c(C)c(-c2c3ccc([Si](C)(C)C(C)C)cc3cc[n+]2C)c1.Cc1ccc(C)c(-c2c3ccc([Si](C)(C)C(C)C)cc3cc[n+]2C)c1.Cc1ccccc1-c1c2ccc([Si](C)(C)C(C)C)cc2cc[n+]1C. The molecule has 0 fully saturated rings. The van der Waals surface area contributed by atoms with Crippen molar-refractivity contribution in [2.75, 3.05) is 0 Å². The van der Waals surface area contributed by atoms with Crippen molar-refractivity contribution < 1.29 is 18.3 Å². The molecular weight excluding hydrogens is 1300 g/mol. The Morgan fingerprint density at radius 1 is 0.245 bits per heavy atom. The molecule has 0 aliphatic carbocycles. The Kier molecular flexibility index (Phi) is 23.8. The molecule has 4 heterocycles. The molecule has 8 heteroatoms. The highest BCUT2D eigenvalue weighted by Gasteiger charge is 2.33. The van der Waals surface area contributed by atoms with Crippen molar-refractivity contribution in [3.05, 3.63) is 238 Å². The second kappa shape index (κ2) is 30.9. The van der Waals surface area contributed by atoms with Gasteiger partial charge in [0.1, 0.15) is 28.2 Å². The molecule has 532 valence electrons. The second-order valence-electron chi connectivity index (χ2n) is 33.8. The molecule has 0 spiro atoms. The van der Waals surface area contributed by atoms with Crippen molar-refractivity contribution in [1.82, 2.24) is 0 Å². The normalized spacial score (nSPS) is 12.2. The van der Waals surface area contributed by atoms with Crippen LogP contribution in [0.4, 0.5) is 0 Å². The summed E-state index contributed by atoms with van der Waals surface area (Å²) < 4.78 is 9.06. The smallest absolute Gasteiger partial charge is 0.200 e. The lowest BCUT2D eigenvalue weighted by molar-refractivity contribution is -0.659. The summed E-state index contributed by atoms with van der Waals surface area (Å²) in [4.78, 5) is 0. The topological polar surface area (TPSA) is 15.5 Å². The summed E-state index contributed by atoms with van der Waals surface area (Å²) in [5.74, 6) is 0. The fourth-order valence-corrected chi connectivity index (χ4v) is 21.2. The zero-order valence-corrected chi connectivity index (χ0v) is 72.4.